The van der Waals surface area contributed by atoms with Crippen molar-refractivity contribution in [3.8, 4) is 22.3 Å². The second-order valence-corrected chi connectivity index (χ2v) is 12.5. The van der Waals surface area contributed by atoms with Crippen molar-refractivity contribution in [1.82, 2.24) is 0 Å². The molecule has 0 N–H and O–H groups in total. The lowest BCUT2D eigenvalue weighted by Gasteiger charge is -2.28. The maximum atomic E-state index is 6.43. The van der Waals surface area contributed by atoms with Gasteiger partial charge in [-0.15, -0.1) is 0 Å². The van der Waals surface area contributed by atoms with E-state index in [9.17, 15) is 0 Å². The molecule has 0 unspecified atom stereocenters. The van der Waals surface area contributed by atoms with Crippen molar-refractivity contribution in [3.63, 3.8) is 0 Å². The normalized spacial score (nSPS) is 11.7. The van der Waals surface area contributed by atoms with Crippen molar-refractivity contribution in [1.29, 1.82) is 0 Å². The lowest BCUT2D eigenvalue weighted by molar-refractivity contribution is 0.669. The van der Waals surface area contributed by atoms with Crippen LogP contribution in [0.25, 0.3) is 76.9 Å². The third kappa shape index (κ3) is 4.44. The fourth-order valence-electron chi connectivity index (χ4n) is 7.45. The molecule has 2 heterocycles. The van der Waals surface area contributed by atoms with Gasteiger partial charge in [-0.1, -0.05) is 121 Å². The first-order chi connectivity index (χ1) is 24.3. The van der Waals surface area contributed by atoms with Gasteiger partial charge in [-0.2, -0.15) is 0 Å². The molecule has 0 radical (unpaired) electrons. The summed E-state index contributed by atoms with van der Waals surface area (Å²) in [4.78, 5) is 2.36. The Balaban J connectivity index is 1.22. The van der Waals surface area contributed by atoms with Gasteiger partial charge in [-0.25, -0.2) is 0 Å². The summed E-state index contributed by atoms with van der Waals surface area (Å²) in [5, 5.41) is 6.85. The van der Waals surface area contributed by atoms with Gasteiger partial charge in [0.15, 0.2) is 0 Å². The van der Waals surface area contributed by atoms with E-state index in [4.69, 9.17) is 8.83 Å². The van der Waals surface area contributed by atoms with Crippen LogP contribution in [0.1, 0.15) is 0 Å². The van der Waals surface area contributed by atoms with Crippen LogP contribution in [-0.4, -0.2) is 0 Å². The molecule has 2 aromatic heterocycles. The number of hydrogen-bond donors (Lipinski definition) is 0. The average molecular weight is 628 g/mol. The van der Waals surface area contributed by atoms with Crippen LogP contribution >= 0.6 is 0 Å². The van der Waals surface area contributed by atoms with Gasteiger partial charge in [0.1, 0.15) is 22.3 Å². The molecule has 8 aromatic carbocycles. The van der Waals surface area contributed by atoms with E-state index in [1.165, 1.54) is 21.9 Å². The minimum Gasteiger partial charge on any atom is -0.456 e. The van der Waals surface area contributed by atoms with E-state index in [-0.39, 0.29) is 0 Å². The molecule has 49 heavy (non-hydrogen) atoms. The van der Waals surface area contributed by atoms with Gasteiger partial charge < -0.3 is 13.7 Å². The first kappa shape index (κ1) is 27.5. The third-order valence-electron chi connectivity index (χ3n) is 9.66. The molecule has 0 saturated carbocycles. The summed E-state index contributed by atoms with van der Waals surface area (Å²) >= 11 is 0. The number of fused-ring (bicyclic) bond motifs is 7. The van der Waals surface area contributed by atoms with Crippen molar-refractivity contribution in [2.45, 2.75) is 0 Å². The van der Waals surface area contributed by atoms with Crippen LogP contribution in [0.4, 0.5) is 17.1 Å². The molecular weight excluding hydrogens is 599 g/mol. The van der Waals surface area contributed by atoms with Gasteiger partial charge in [0.05, 0.1) is 16.8 Å². The maximum absolute atomic E-state index is 6.43. The highest BCUT2D eigenvalue weighted by molar-refractivity contribution is 6.14. The van der Waals surface area contributed by atoms with E-state index in [0.29, 0.717) is 0 Å². The summed E-state index contributed by atoms with van der Waals surface area (Å²) in [5.74, 6) is 0. The largest absolute Gasteiger partial charge is 0.456 e. The summed E-state index contributed by atoms with van der Waals surface area (Å²) in [5.41, 5.74) is 11.2. The number of hydrogen-bond acceptors (Lipinski definition) is 3. The Hall–Kier alpha value is -6.58. The molecule has 230 valence electrons. The minimum absolute atomic E-state index is 0.850. The van der Waals surface area contributed by atoms with E-state index in [0.717, 1.165) is 72.1 Å². The van der Waals surface area contributed by atoms with E-state index in [2.05, 4.69) is 157 Å². The van der Waals surface area contributed by atoms with Crippen molar-refractivity contribution in [3.05, 3.63) is 176 Å². The lowest BCUT2D eigenvalue weighted by Crippen LogP contribution is -2.11. The first-order valence-corrected chi connectivity index (χ1v) is 16.6. The minimum atomic E-state index is 0.850. The second kappa shape index (κ2) is 11.0. The molecule has 10 rings (SSSR count). The SMILES string of the molecule is c1cc(-c2ccccc2N(c2ccc3c(c2)oc2ccccc23)c2cccc3oc4ccccc4c23)cc(-c2cccc3ccccc23)c1. The Morgan fingerprint density at radius 3 is 1.82 bits per heavy atom. The molecule has 10 aromatic rings. The number of furan rings is 2. The monoisotopic (exact) mass is 627 g/mol. The standard InChI is InChI=1S/C46H29NO2/c1-2-16-34-30(12-1)13-10-20-35(34)31-14-9-15-32(28-31)36-17-3-6-21-40(36)47(33-26-27-38-37-18-4-7-23-42(37)49-45(38)29-33)41-22-11-25-44-46(41)39-19-5-8-24-43(39)48-44/h1-29H. The predicted octanol–water partition coefficient (Wildman–Crippen LogP) is 13.4. The highest BCUT2D eigenvalue weighted by atomic mass is 16.3. The van der Waals surface area contributed by atoms with E-state index < -0.39 is 0 Å². The topological polar surface area (TPSA) is 29.5 Å². The highest BCUT2D eigenvalue weighted by Crippen LogP contribution is 2.47. The average Bonchev–Trinajstić information content (AvgIpc) is 3.73. The Kier molecular flexibility index (Phi) is 6.18. The summed E-state index contributed by atoms with van der Waals surface area (Å²) in [6, 6.07) is 62.1. The predicted molar refractivity (Wildman–Crippen MR) is 204 cm³/mol. The van der Waals surface area contributed by atoms with Crippen molar-refractivity contribution < 1.29 is 8.83 Å². The van der Waals surface area contributed by atoms with Gasteiger partial charge in [0, 0.05) is 33.5 Å². The van der Waals surface area contributed by atoms with Crippen LogP contribution in [-0.2, 0) is 0 Å². The van der Waals surface area contributed by atoms with Crippen LogP contribution in [0.15, 0.2) is 185 Å². The van der Waals surface area contributed by atoms with E-state index in [1.54, 1.807) is 0 Å². The van der Waals surface area contributed by atoms with Crippen LogP contribution < -0.4 is 4.90 Å². The summed E-state index contributed by atoms with van der Waals surface area (Å²) < 4.78 is 12.8. The van der Waals surface area contributed by atoms with Crippen LogP contribution in [0, 0.1) is 0 Å². The van der Waals surface area contributed by atoms with Crippen molar-refractivity contribution >= 4 is 71.7 Å². The second-order valence-electron chi connectivity index (χ2n) is 12.5. The molecule has 0 amide bonds. The maximum Gasteiger partial charge on any atom is 0.137 e. The Bertz CT molecular complexity index is 2850. The summed E-state index contributed by atoms with van der Waals surface area (Å²) in [6.45, 7) is 0. The smallest absolute Gasteiger partial charge is 0.137 e. The first-order valence-electron chi connectivity index (χ1n) is 16.6. The zero-order valence-corrected chi connectivity index (χ0v) is 26.5. The number of benzene rings is 8. The number of rotatable bonds is 5. The van der Waals surface area contributed by atoms with E-state index in [1.807, 2.05) is 24.3 Å². The number of anilines is 3. The van der Waals surface area contributed by atoms with E-state index >= 15 is 0 Å². The van der Waals surface area contributed by atoms with Gasteiger partial charge >= 0.3 is 0 Å². The molecular formula is C46H29NO2. The molecule has 3 nitrogen and oxygen atoms in total. The lowest BCUT2D eigenvalue weighted by atomic mass is 9.94. The number of nitrogens with zero attached hydrogens (tertiary/aromatic N) is 1. The molecule has 0 spiro atoms. The van der Waals surface area contributed by atoms with Gasteiger partial charge in [-0.3, -0.25) is 0 Å². The van der Waals surface area contributed by atoms with Crippen LogP contribution in [0.3, 0.4) is 0 Å². The van der Waals surface area contributed by atoms with Gasteiger partial charge in [0.2, 0.25) is 0 Å². The Morgan fingerprint density at radius 1 is 0.347 bits per heavy atom. The molecule has 0 atom stereocenters. The molecule has 0 aliphatic carbocycles. The van der Waals surface area contributed by atoms with Crippen LogP contribution in [0.2, 0.25) is 0 Å². The fraction of sp³-hybridized carbons (Fsp3) is 0. The molecule has 0 saturated heterocycles. The molecule has 0 fully saturated rings. The zero-order valence-electron chi connectivity index (χ0n) is 26.5. The summed E-state index contributed by atoms with van der Waals surface area (Å²) in [7, 11) is 0. The van der Waals surface area contributed by atoms with Crippen LogP contribution in [0.5, 0.6) is 0 Å². The third-order valence-corrected chi connectivity index (χ3v) is 9.66. The van der Waals surface area contributed by atoms with Gasteiger partial charge in [0.25, 0.3) is 0 Å². The van der Waals surface area contributed by atoms with Crippen molar-refractivity contribution in [2.75, 3.05) is 4.90 Å². The Labute approximate surface area is 282 Å². The van der Waals surface area contributed by atoms with Gasteiger partial charge in [-0.05, 0) is 76.0 Å². The molecule has 3 heteroatoms. The molecule has 0 bridgehead atoms. The highest BCUT2D eigenvalue weighted by Gasteiger charge is 2.23. The van der Waals surface area contributed by atoms with Crippen molar-refractivity contribution in [2.24, 2.45) is 0 Å². The molecule has 0 aliphatic rings. The fourth-order valence-corrected chi connectivity index (χ4v) is 7.45. The summed E-state index contributed by atoms with van der Waals surface area (Å²) in [6.07, 6.45) is 0. The number of para-hydroxylation sites is 3. The molecule has 0 aliphatic heterocycles. The Morgan fingerprint density at radius 2 is 0.918 bits per heavy atom. The zero-order chi connectivity index (χ0) is 32.3. The quantitative estimate of drug-likeness (QED) is 0.190.